The van der Waals surface area contributed by atoms with Crippen LogP contribution in [0.4, 0.5) is 4.79 Å². The van der Waals surface area contributed by atoms with Crippen LogP contribution in [0.1, 0.15) is 51.0 Å². The number of carbonyl (C=O) groups excluding carboxylic acids is 2. The second-order valence-electron chi connectivity index (χ2n) is 9.82. The lowest BCUT2D eigenvalue weighted by Gasteiger charge is -2.56. The molecule has 1 aromatic heterocycles. The van der Waals surface area contributed by atoms with Crippen LogP contribution in [0.25, 0.3) is 5.69 Å². The van der Waals surface area contributed by atoms with Gasteiger partial charge in [0.15, 0.2) is 5.16 Å². The fourth-order valence-corrected chi connectivity index (χ4v) is 7.20. The van der Waals surface area contributed by atoms with Crippen LogP contribution in [0.3, 0.4) is 0 Å². The van der Waals surface area contributed by atoms with E-state index in [1.54, 1.807) is 6.20 Å². The lowest BCUT2D eigenvalue weighted by atomic mass is 9.53. The van der Waals surface area contributed by atoms with E-state index in [0.29, 0.717) is 0 Å². The van der Waals surface area contributed by atoms with Crippen LogP contribution in [-0.2, 0) is 4.79 Å². The van der Waals surface area contributed by atoms with Crippen molar-refractivity contribution in [2.24, 2.45) is 17.8 Å². The minimum Gasteiger partial charge on any atom is -0.332 e. The Hall–Kier alpha value is -2.28. The quantitative estimate of drug-likeness (QED) is 0.676. The molecule has 7 heteroatoms. The Morgan fingerprint density at radius 1 is 1.16 bits per heavy atom. The van der Waals surface area contributed by atoms with Crippen molar-refractivity contribution in [2.75, 3.05) is 0 Å². The highest BCUT2D eigenvalue weighted by Gasteiger charge is 2.51. The molecule has 4 saturated carbocycles. The van der Waals surface area contributed by atoms with Crippen molar-refractivity contribution in [3.63, 3.8) is 0 Å². The van der Waals surface area contributed by atoms with Crippen molar-refractivity contribution in [2.45, 2.75) is 68.3 Å². The average Bonchev–Trinajstić information content (AvgIpc) is 3.14. The predicted molar refractivity (Wildman–Crippen MR) is 121 cm³/mol. The van der Waals surface area contributed by atoms with Crippen molar-refractivity contribution >= 4 is 23.7 Å². The maximum Gasteiger partial charge on any atom is 0.321 e. The summed E-state index contributed by atoms with van der Waals surface area (Å²) in [6.07, 6.45) is 10.8. The number of rotatable bonds is 5. The van der Waals surface area contributed by atoms with E-state index >= 15 is 0 Å². The lowest BCUT2D eigenvalue weighted by molar-refractivity contribution is -0.119. The van der Waals surface area contributed by atoms with Crippen LogP contribution in [0.15, 0.2) is 41.8 Å². The maximum atomic E-state index is 12.7. The Morgan fingerprint density at radius 2 is 1.84 bits per heavy atom. The van der Waals surface area contributed by atoms with Crippen LogP contribution >= 0.6 is 11.8 Å². The number of nitrogens with zero attached hydrogens (tertiary/aromatic N) is 2. The first-order valence-electron chi connectivity index (χ1n) is 11.3. The number of aryl methyl sites for hydroxylation is 1. The molecular weight excluding hydrogens is 408 g/mol. The Bertz CT molecular complexity index is 966. The predicted octanol–water partition coefficient (Wildman–Crippen LogP) is 4.46. The minimum atomic E-state index is -0.437. The minimum absolute atomic E-state index is 0.100. The number of aromatic nitrogens is 2. The summed E-state index contributed by atoms with van der Waals surface area (Å²) >= 11 is 1.36. The molecule has 31 heavy (non-hydrogen) atoms. The van der Waals surface area contributed by atoms with Gasteiger partial charge in [0.05, 0.1) is 5.25 Å². The molecule has 1 atom stereocenters. The summed E-state index contributed by atoms with van der Waals surface area (Å²) in [5, 5.41) is 6.09. The van der Waals surface area contributed by atoms with Crippen molar-refractivity contribution in [3.8, 4) is 5.69 Å². The van der Waals surface area contributed by atoms with Crippen molar-refractivity contribution in [1.29, 1.82) is 0 Å². The SMILES string of the molecule is Cc1cccc(-n2ccnc2SC(C)C(=O)NC(=O)NC23CC4CC(CC(C4)C2)C3)c1. The number of amides is 3. The molecule has 2 aromatic rings. The molecule has 1 heterocycles. The zero-order valence-electron chi connectivity index (χ0n) is 18.1. The third-order valence-electron chi connectivity index (χ3n) is 7.19. The van der Waals surface area contributed by atoms with Crippen molar-refractivity contribution in [1.82, 2.24) is 20.2 Å². The number of urea groups is 1. The molecular formula is C24H30N4O2S. The van der Waals surface area contributed by atoms with Gasteiger partial charge >= 0.3 is 6.03 Å². The highest BCUT2D eigenvalue weighted by atomic mass is 32.2. The second kappa shape index (κ2) is 8.01. The van der Waals surface area contributed by atoms with Gasteiger partial charge < -0.3 is 5.32 Å². The number of carbonyl (C=O) groups is 2. The molecule has 6 rings (SSSR count). The number of thioether (sulfide) groups is 1. The van der Waals surface area contributed by atoms with E-state index in [-0.39, 0.29) is 17.5 Å². The third-order valence-corrected chi connectivity index (χ3v) is 8.27. The zero-order chi connectivity index (χ0) is 21.6. The van der Waals surface area contributed by atoms with E-state index in [2.05, 4.69) is 21.7 Å². The Kier molecular flexibility index (Phi) is 5.32. The van der Waals surface area contributed by atoms with Crippen LogP contribution in [0.2, 0.25) is 0 Å². The van der Waals surface area contributed by atoms with E-state index in [4.69, 9.17) is 0 Å². The molecule has 4 bridgehead atoms. The molecule has 6 nitrogen and oxygen atoms in total. The van der Waals surface area contributed by atoms with Crippen molar-refractivity contribution < 1.29 is 9.59 Å². The molecule has 3 amide bonds. The molecule has 4 aliphatic rings. The summed E-state index contributed by atoms with van der Waals surface area (Å²) in [6.45, 7) is 3.86. The van der Waals surface area contributed by atoms with E-state index in [1.165, 1.54) is 31.0 Å². The lowest BCUT2D eigenvalue weighted by Crippen LogP contribution is -2.62. The molecule has 1 unspecified atom stereocenters. The van der Waals surface area contributed by atoms with Gasteiger partial charge in [-0.25, -0.2) is 9.78 Å². The zero-order valence-corrected chi connectivity index (χ0v) is 19.0. The Morgan fingerprint density at radius 3 is 2.48 bits per heavy atom. The summed E-state index contributed by atoms with van der Waals surface area (Å²) in [6, 6.07) is 7.80. The van der Waals surface area contributed by atoms with Crippen LogP contribution < -0.4 is 10.6 Å². The van der Waals surface area contributed by atoms with Gasteiger partial charge in [0.2, 0.25) is 5.91 Å². The number of imidazole rings is 1. The van der Waals surface area contributed by atoms with Crippen LogP contribution in [-0.4, -0.2) is 32.3 Å². The first kappa shape index (κ1) is 20.6. The summed E-state index contributed by atoms with van der Waals surface area (Å²) in [4.78, 5) is 29.9. The molecule has 0 radical (unpaired) electrons. The smallest absolute Gasteiger partial charge is 0.321 e. The average molecular weight is 439 g/mol. The van der Waals surface area contributed by atoms with Crippen molar-refractivity contribution in [3.05, 3.63) is 42.2 Å². The standard InChI is InChI=1S/C24H30N4O2S/c1-15-4-3-5-20(8-15)28-7-6-25-23(28)31-16(2)21(29)26-22(30)27-24-12-17-9-18(13-24)11-19(10-17)14-24/h3-8,16-19H,9-14H2,1-2H3,(H2,26,27,29,30). The number of hydrogen-bond donors (Lipinski definition) is 2. The third kappa shape index (κ3) is 4.25. The van der Waals surface area contributed by atoms with Gasteiger partial charge in [-0.2, -0.15) is 0 Å². The molecule has 0 spiro atoms. The Balaban J connectivity index is 1.20. The highest BCUT2D eigenvalue weighted by Crippen LogP contribution is 2.55. The summed E-state index contributed by atoms with van der Waals surface area (Å²) in [5.74, 6) is 1.96. The summed E-state index contributed by atoms with van der Waals surface area (Å²) in [5.41, 5.74) is 2.07. The second-order valence-corrected chi connectivity index (χ2v) is 11.1. The number of imide groups is 1. The fourth-order valence-electron chi connectivity index (χ4n) is 6.31. The molecule has 0 aliphatic heterocycles. The van der Waals surface area contributed by atoms with Crippen LogP contribution in [0, 0.1) is 24.7 Å². The molecule has 164 valence electrons. The van der Waals surface area contributed by atoms with E-state index in [9.17, 15) is 9.59 Å². The topological polar surface area (TPSA) is 76.0 Å². The largest absolute Gasteiger partial charge is 0.332 e. The highest BCUT2D eigenvalue weighted by molar-refractivity contribution is 8.00. The number of hydrogen-bond acceptors (Lipinski definition) is 4. The van der Waals surface area contributed by atoms with E-state index in [1.807, 2.05) is 42.8 Å². The first-order valence-corrected chi connectivity index (χ1v) is 12.2. The van der Waals surface area contributed by atoms with E-state index < -0.39 is 5.25 Å². The van der Waals surface area contributed by atoms with E-state index in [0.717, 1.165) is 53.4 Å². The van der Waals surface area contributed by atoms with Gasteiger partial charge in [0.1, 0.15) is 0 Å². The van der Waals surface area contributed by atoms with Crippen LogP contribution in [0.5, 0.6) is 0 Å². The molecule has 0 saturated heterocycles. The molecule has 1 aromatic carbocycles. The summed E-state index contributed by atoms with van der Waals surface area (Å²) < 4.78 is 1.97. The molecule has 4 aliphatic carbocycles. The first-order chi connectivity index (χ1) is 14.9. The van der Waals surface area contributed by atoms with Gasteiger partial charge in [-0.05, 0) is 87.8 Å². The Labute approximate surface area is 187 Å². The molecule has 2 N–H and O–H groups in total. The monoisotopic (exact) mass is 438 g/mol. The van der Waals surface area contributed by atoms with Gasteiger partial charge in [-0.3, -0.25) is 14.7 Å². The molecule has 4 fully saturated rings. The normalized spacial score (nSPS) is 29.5. The summed E-state index contributed by atoms with van der Waals surface area (Å²) in [7, 11) is 0. The maximum absolute atomic E-state index is 12.7. The number of benzene rings is 1. The van der Waals surface area contributed by atoms with Gasteiger partial charge in [0, 0.05) is 23.6 Å². The van der Waals surface area contributed by atoms with Gasteiger partial charge in [0.25, 0.3) is 0 Å². The van der Waals surface area contributed by atoms with Gasteiger partial charge in [-0.15, -0.1) is 0 Å². The number of nitrogens with one attached hydrogen (secondary N) is 2. The van der Waals surface area contributed by atoms with Gasteiger partial charge in [-0.1, -0.05) is 23.9 Å². The fraction of sp³-hybridized carbons (Fsp3) is 0.542.